The average Bonchev–Trinajstić information content (AvgIpc) is 2.84. The predicted molar refractivity (Wildman–Crippen MR) is 122 cm³/mol. The van der Waals surface area contributed by atoms with E-state index in [0.717, 1.165) is 69.7 Å². The molecule has 3 heterocycles. The number of carbonyl (C=O) groups is 1. The van der Waals surface area contributed by atoms with Gasteiger partial charge in [0.15, 0.2) is 0 Å². The van der Waals surface area contributed by atoms with E-state index in [9.17, 15) is 4.79 Å². The highest BCUT2D eigenvalue weighted by Crippen LogP contribution is 2.27. The number of amides is 1. The fraction of sp³-hybridized carbons (Fsp3) is 0.480. The summed E-state index contributed by atoms with van der Waals surface area (Å²) in [6.45, 7) is 4.50. The highest BCUT2D eigenvalue weighted by molar-refractivity contribution is 6.02. The van der Waals surface area contributed by atoms with E-state index in [4.69, 9.17) is 4.84 Å². The summed E-state index contributed by atoms with van der Waals surface area (Å²) in [4.78, 5) is 26.9. The molecule has 0 spiro atoms. The van der Waals surface area contributed by atoms with Gasteiger partial charge in [-0.3, -0.25) is 14.7 Å². The first kappa shape index (κ1) is 21.5. The standard InChI is InChI=1S/C25H32N4O2/c1-31-27-24(21-5-3-2-4-6-21)22-11-17-29(18-12-22)25(30)23-9-15-28(16-10-23)19-20-7-13-26-14-8-20/h2-8,13-14,22-23H,9-12,15-19H2,1H3/b27-24+. The van der Waals surface area contributed by atoms with Crippen LogP contribution in [0, 0.1) is 11.8 Å². The molecule has 0 radical (unpaired) electrons. The Hall–Kier alpha value is -2.73. The summed E-state index contributed by atoms with van der Waals surface area (Å²) in [7, 11) is 1.60. The van der Waals surface area contributed by atoms with Gasteiger partial charge in [0.1, 0.15) is 7.11 Å². The molecule has 0 unspecified atom stereocenters. The number of rotatable bonds is 6. The number of piperidine rings is 2. The van der Waals surface area contributed by atoms with Crippen molar-refractivity contribution in [3.8, 4) is 0 Å². The summed E-state index contributed by atoms with van der Waals surface area (Å²) in [6, 6.07) is 14.4. The average molecular weight is 421 g/mol. The molecule has 0 aliphatic carbocycles. The Morgan fingerprint density at radius 3 is 2.26 bits per heavy atom. The van der Waals surface area contributed by atoms with Gasteiger partial charge in [0, 0.05) is 43.9 Å². The summed E-state index contributed by atoms with van der Waals surface area (Å²) in [6.07, 6.45) is 7.45. The molecule has 31 heavy (non-hydrogen) atoms. The Balaban J connectivity index is 1.27. The Morgan fingerprint density at radius 2 is 1.61 bits per heavy atom. The van der Waals surface area contributed by atoms with Gasteiger partial charge in [0.2, 0.25) is 5.91 Å². The molecule has 0 bridgehead atoms. The van der Waals surface area contributed by atoms with E-state index >= 15 is 0 Å². The molecule has 2 saturated heterocycles. The SMILES string of the molecule is CO/N=C(\c1ccccc1)C1CCN(C(=O)C2CCN(Cc3ccncc3)CC2)CC1. The fourth-order valence-corrected chi connectivity index (χ4v) is 4.79. The van der Waals surface area contributed by atoms with Crippen molar-refractivity contribution < 1.29 is 9.63 Å². The van der Waals surface area contributed by atoms with E-state index in [1.165, 1.54) is 5.56 Å². The van der Waals surface area contributed by atoms with Gasteiger partial charge >= 0.3 is 0 Å². The second-order valence-corrected chi connectivity index (χ2v) is 8.53. The van der Waals surface area contributed by atoms with Gasteiger partial charge in [0.05, 0.1) is 5.71 Å². The van der Waals surface area contributed by atoms with Crippen molar-refractivity contribution in [3.05, 3.63) is 66.0 Å². The molecule has 0 atom stereocenters. The number of nitrogens with zero attached hydrogens (tertiary/aromatic N) is 4. The van der Waals surface area contributed by atoms with Gasteiger partial charge in [-0.1, -0.05) is 35.5 Å². The first-order valence-electron chi connectivity index (χ1n) is 11.3. The minimum atomic E-state index is 0.159. The lowest BCUT2D eigenvalue weighted by Gasteiger charge is -2.37. The maximum atomic E-state index is 13.1. The lowest BCUT2D eigenvalue weighted by Crippen LogP contribution is -2.46. The Bertz CT molecular complexity index is 856. The van der Waals surface area contributed by atoms with Crippen molar-refractivity contribution in [1.82, 2.24) is 14.8 Å². The van der Waals surface area contributed by atoms with Crippen LogP contribution in [0.2, 0.25) is 0 Å². The van der Waals surface area contributed by atoms with Crippen LogP contribution >= 0.6 is 0 Å². The molecular weight excluding hydrogens is 388 g/mol. The maximum Gasteiger partial charge on any atom is 0.225 e. The number of carbonyl (C=O) groups excluding carboxylic acids is 1. The Kier molecular flexibility index (Phi) is 7.30. The summed E-state index contributed by atoms with van der Waals surface area (Å²) in [5.41, 5.74) is 3.39. The lowest BCUT2D eigenvalue weighted by molar-refractivity contribution is -0.138. The second kappa shape index (κ2) is 10.5. The number of hydrogen-bond donors (Lipinski definition) is 0. The van der Waals surface area contributed by atoms with E-state index in [2.05, 4.69) is 44.2 Å². The highest BCUT2D eigenvalue weighted by atomic mass is 16.6. The van der Waals surface area contributed by atoms with Crippen LogP contribution in [0.15, 0.2) is 60.0 Å². The topological polar surface area (TPSA) is 58.0 Å². The molecule has 4 rings (SSSR count). The number of oxime groups is 1. The minimum absolute atomic E-state index is 0.159. The van der Waals surface area contributed by atoms with Gasteiger partial charge in [-0.05, 0) is 62.0 Å². The molecule has 164 valence electrons. The minimum Gasteiger partial charge on any atom is -0.399 e. The van der Waals surface area contributed by atoms with E-state index < -0.39 is 0 Å². The van der Waals surface area contributed by atoms with Crippen LogP contribution in [0.25, 0.3) is 0 Å². The molecule has 6 heteroatoms. The molecule has 2 aromatic rings. The third kappa shape index (κ3) is 5.50. The van der Waals surface area contributed by atoms with Gasteiger partial charge in [-0.15, -0.1) is 0 Å². The fourth-order valence-electron chi connectivity index (χ4n) is 4.79. The number of likely N-dealkylation sites (tertiary alicyclic amines) is 2. The summed E-state index contributed by atoms with van der Waals surface area (Å²) < 4.78 is 0. The van der Waals surface area contributed by atoms with Crippen LogP contribution in [0.1, 0.15) is 36.8 Å². The quantitative estimate of drug-likeness (QED) is 0.529. The monoisotopic (exact) mass is 420 g/mol. The third-order valence-corrected chi connectivity index (χ3v) is 6.54. The van der Waals surface area contributed by atoms with Crippen LogP contribution in [0.5, 0.6) is 0 Å². The van der Waals surface area contributed by atoms with Gasteiger partial charge in [-0.2, -0.15) is 0 Å². The number of pyridine rings is 1. The van der Waals surface area contributed by atoms with Crippen molar-refractivity contribution in [2.75, 3.05) is 33.3 Å². The third-order valence-electron chi connectivity index (χ3n) is 6.54. The van der Waals surface area contributed by atoms with Crippen LogP contribution < -0.4 is 0 Å². The van der Waals surface area contributed by atoms with Crippen LogP contribution in [-0.2, 0) is 16.2 Å². The zero-order valence-electron chi connectivity index (χ0n) is 18.3. The van der Waals surface area contributed by atoms with E-state index in [0.29, 0.717) is 11.8 Å². The Labute approximate surface area is 184 Å². The zero-order valence-corrected chi connectivity index (χ0v) is 18.3. The lowest BCUT2D eigenvalue weighted by atomic mass is 9.87. The highest BCUT2D eigenvalue weighted by Gasteiger charge is 2.32. The number of benzene rings is 1. The first-order chi connectivity index (χ1) is 15.2. The van der Waals surface area contributed by atoms with Crippen LogP contribution in [0.3, 0.4) is 0 Å². The second-order valence-electron chi connectivity index (χ2n) is 8.53. The van der Waals surface area contributed by atoms with Crippen molar-refractivity contribution in [2.24, 2.45) is 17.0 Å². The van der Waals surface area contributed by atoms with Crippen LogP contribution in [-0.4, -0.2) is 59.7 Å². The smallest absolute Gasteiger partial charge is 0.225 e. The largest absolute Gasteiger partial charge is 0.399 e. The molecule has 2 aliphatic heterocycles. The number of aromatic nitrogens is 1. The molecule has 2 fully saturated rings. The molecule has 1 aromatic heterocycles. The van der Waals surface area contributed by atoms with Crippen molar-refractivity contribution in [3.63, 3.8) is 0 Å². The van der Waals surface area contributed by atoms with Crippen molar-refractivity contribution in [2.45, 2.75) is 32.2 Å². The van der Waals surface area contributed by atoms with Gasteiger partial charge < -0.3 is 9.74 Å². The van der Waals surface area contributed by atoms with Crippen molar-refractivity contribution in [1.29, 1.82) is 0 Å². The summed E-state index contributed by atoms with van der Waals surface area (Å²) in [5.74, 6) is 0.826. The molecule has 1 aromatic carbocycles. The summed E-state index contributed by atoms with van der Waals surface area (Å²) in [5, 5.41) is 4.32. The van der Waals surface area contributed by atoms with Crippen molar-refractivity contribution >= 4 is 11.6 Å². The van der Waals surface area contributed by atoms with E-state index in [1.54, 1.807) is 7.11 Å². The molecular formula is C25H32N4O2. The van der Waals surface area contributed by atoms with Gasteiger partial charge in [-0.25, -0.2) is 0 Å². The molecule has 6 nitrogen and oxygen atoms in total. The first-order valence-corrected chi connectivity index (χ1v) is 11.3. The maximum absolute atomic E-state index is 13.1. The molecule has 1 amide bonds. The molecule has 2 aliphatic rings. The van der Waals surface area contributed by atoms with E-state index in [1.807, 2.05) is 30.6 Å². The Morgan fingerprint density at radius 1 is 0.968 bits per heavy atom. The van der Waals surface area contributed by atoms with Crippen LogP contribution in [0.4, 0.5) is 0 Å². The van der Waals surface area contributed by atoms with Gasteiger partial charge in [0.25, 0.3) is 0 Å². The summed E-state index contributed by atoms with van der Waals surface area (Å²) >= 11 is 0. The predicted octanol–water partition coefficient (Wildman–Crippen LogP) is 3.58. The molecule has 0 saturated carbocycles. The normalized spacial score (nSPS) is 19.4. The zero-order chi connectivity index (χ0) is 21.5. The van der Waals surface area contributed by atoms with E-state index in [-0.39, 0.29) is 5.92 Å². The molecule has 0 N–H and O–H groups in total. The number of hydrogen-bond acceptors (Lipinski definition) is 5.